The van der Waals surface area contributed by atoms with Gasteiger partial charge in [-0.2, -0.15) is 0 Å². The zero-order valence-corrected chi connectivity index (χ0v) is 11.8. The number of methoxy groups -OCH3 is 2. The van der Waals surface area contributed by atoms with Crippen molar-refractivity contribution in [3.8, 4) is 11.5 Å². The topological polar surface area (TPSA) is 30.5 Å². The molecule has 3 rings (SSSR count). The van der Waals surface area contributed by atoms with Crippen molar-refractivity contribution in [2.24, 2.45) is 5.92 Å². The first-order chi connectivity index (χ1) is 9.33. The summed E-state index contributed by atoms with van der Waals surface area (Å²) in [6.07, 6.45) is 5.46. The first-order valence-electron chi connectivity index (χ1n) is 7.29. The zero-order valence-electron chi connectivity index (χ0n) is 11.8. The maximum atomic E-state index is 5.43. The van der Waals surface area contributed by atoms with E-state index in [9.17, 15) is 0 Å². The highest BCUT2D eigenvalue weighted by molar-refractivity contribution is 5.44. The molecule has 19 heavy (non-hydrogen) atoms. The van der Waals surface area contributed by atoms with Crippen molar-refractivity contribution in [2.75, 3.05) is 20.8 Å². The van der Waals surface area contributed by atoms with Crippen LogP contribution in [0.15, 0.2) is 18.2 Å². The number of ether oxygens (including phenoxy) is 2. The van der Waals surface area contributed by atoms with Crippen molar-refractivity contribution in [1.29, 1.82) is 0 Å². The van der Waals surface area contributed by atoms with E-state index in [1.807, 2.05) is 6.07 Å². The van der Waals surface area contributed by atoms with E-state index in [0.717, 1.165) is 30.0 Å². The number of rotatable bonds is 3. The minimum Gasteiger partial charge on any atom is -0.493 e. The Bertz CT molecular complexity index is 446. The van der Waals surface area contributed by atoms with Crippen LogP contribution in [-0.4, -0.2) is 26.8 Å². The fourth-order valence-corrected chi connectivity index (χ4v) is 3.77. The summed E-state index contributed by atoms with van der Waals surface area (Å²) in [6.45, 7) is 1.10. The lowest BCUT2D eigenvalue weighted by molar-refractivity contribution is 0.307. The van der Waals surface area contributed by atoms with Crippen molar-refractivity contribution >= 4 is 0 Å². The van der Waals surface area contributed by atoms with E-state index in [1.54, 1.807) is 14.2 Å². The molecule has 104 valence electrons. The van der Waals surface area contributed by atoms with Crippen LogP contribution in [-0.2, 0) is 0 Å². The average Bonchev–Trinajstić information content (AvgIpc) is 2.90. The van der Waals surface area contributed by atoms with Crippen molar-refractivity contribution < 1.29 is 9.47 Å². The highest BCUT2D eigenvalue weighted by Crippen LogP contribution is 2.42. The van der Waals surface area contributed by atoms with Gasteiger partial charge in [0.25, 0.3) is 0 Å². The summed E-state index contributed by atoms with van der Waals surface area (Å²) in [5.74, 6) is 3.09. The summed E-state index contributed by atoms with van der Waals surface area (Å²) < 4.78 is 10.7. The van der Waals surface area contributed by atoms with Crippen molar-refractivity contribution in [2.45, 2.75) is 37.6 Å². The lowest BCUT2D eigenvalue weighted by Crippen LogP contribution is -2.29. The number of benzene rings is 1. The van der Waals surface area contributed by atoms with Gasteiger partial charge in [0.05, 0.1) is 14.2 Å². The van der Waals surface area contributed by atoms with Gasteiger partial charge in [-0.3, -0.25) is 0 Å². The van der Waals surface area contributed by atoms with Gasteiger partial charge in [-0.15, -0.1) is 0 Å². The molecule has 3 atom stereocenters. The largest absolute Gasteiger partial charge is 0.493 e. The predicted octanol–water partition coefficient (Wildman–Crippen LogP) is 2.95. The molecule has 1 aromatic carbocycles. The van der Waals surface area contributed by atoms with E-state index in [-0.39, 0.29) is 0 Å². The lowest BCUT2D eigenvalue weighted by atomic mass is 9.77. The van der Waals surface area contributed by atoms with Crippen LogP contribution < -0.4 is 14.8 Å². The zero-order chi connectivity index (χ0) is 13.2. The maximum absolute atomic E-state index is 5.43. The van der Waals surface area contributed by atoms with Crippen LogP contribution >= 0.6 is 0 Å². The van der Waals surface area contributed by atoms with Gasteiger partial charge < -0.3 is 14.8 Å². The molecule has 0 unspecified atom stereocenters. The second-order valence-corrected chi connectivity index (χ2v) is 5.68. The van der Waals surface area contributed by atoms with E-state index >= 15 is 0 Å². The first kappa shape index (κ1) is 12.8. The van der Waals surface area contributed by atoms with Gasteiger partial charge in [0.15, 0.2) is 11.5 Å². The quantitative estimate of drug-likeness (QED) is 0.907. The van der Waals surface area contributed by atoms with Crippen LogP contribution in [0.1, 0.15) is 37.2 Å². The highest BCUT2D eigenvalue weighted by atomic mass is 16.5. The van der Waals surface area contributed by atoms with Gasteiger partial charge in [-0.05, 0) is 36.5 Å². The van der Waals surface area contributed by atoms with Crippen LogP contribution in [0.3, 0.4) is 0 Å². The molecule has 1 aromatic rings. The van der Waals surface area contributed by atoms with E-state index in [1.165, 1.54) is 31.2 Å². The third-order valence-corrected chi connectivity index (χ3v) is 4.77. The van der Waals surface area contributed by atoms with Gasteiger partial charge >= 0.3 is 0 Å². The van der Waals surface area contributed by atoms with Crippen LogP contribution in [0.2, 0.25) is 0 Å². The monoisotopic (exact) mass is 261 g/mol. The third kappa shape index (κ3) is 2.32. The second-order valence-electron chi connectivity index (χ2n) is 5.68. The third-order valence-electron chi connectivity index (χ3n) is 4.77. The highest BCUT2D eigenvalue weighted by Gasteiger charge is 2.37. The molecule has 0 amide bonds. The minimum atomic E-state index is 0.630. The van der Waals surface area contributed by atoms with Gasteiger partial charge in [-0.25, -0.2) is 0 Å². The average molecular weight is 261 g/mol. The molecule has 0 bridgehead atoms. The summed E-state index contributed by atoms with van der Waals surface area (Å²) in [6, 6.07) is 7.11. The summed E-state index contributed by atoms with van der Waals surface area (Å²) in [5, 5.41) is 3.70. The Hall–Kier alpha value is -1.22. The fourth-order valence-electron chi connectivity index (χ4n) is 3.77. The molecule has 0 aromatic heterocycles. The lowest BCUT2D eigenvalue weighted by Gasteiger charge is -2.28. The summed E-state index contributed by atoms with van der Waals surface area (Å²) in [5.41, 5.74) is 1.39. The number of hydrogen-bond acceptors (Lipinski definition) is 3. The van der Waals surface area contributed by atoms with E-state index in [2.05, 4.69) is 17.4 Å². The fraction of sp³-hybridized carbons (Fsp3) is 0.625. The Kier molecular flexibility index (Phi) is 3.65. The maximum Gasteiger partial charge on any atom is 0.160 e. The molecule has 2 fully saturated rings. The number of hydrogen-bond donors (Lipinski definition) is 1. The Labute approximate surface area is 115 Å². The second kappa shape index (κ2) is 5.41. The summed E-state index contributed by atoms with van der Waals surface area (Å²) in [7, 11) is 3.39. The van der Waals surface area contributed by atoms with Gasteiger partial charge in [0, 0.05) is 18.5 Å². The molecule has 1 aliphatic heterocycles. The van der Waals surface area contributed by atoms with Crippen LogP contribution in [0, 0.1) is 5.92 Å². The van der Waals surface area contributed by atoms with Crippen LogP contribution in [0.25, 0.3) is 0 Å². The van der Waals surface area contributed by atoms with Crippen molar-refractivity contribution in [3.05, 3.63) is 23.8 Å². The number of fused-ring (bicyclic) bond motifs is 1. The van der Waals surface area contributed by atoms with E-state index in [0.29, 0.717) is 5.92 Å². The Morgan fingerprint density at radius 3 is 2.63 bits per heavy atom. The molecule has 3 nitrogen and oxygen atoms in total. The van der Waals surface area contributed by atoms with Crippen LogP contribution in [0.5, 0.6) is 11.5 Å². The number of nitrogens with one attached hydrogen (secondary N) is 1. The first-order valence-corrected chi connectivity index (χ1v) is 7.29. The van der Waals surface area contributed by atoms with E-state index in [4.69, 9.17) is 9.47 Å². The molecule has 0 spiro atoms. The predicted molar refractivity (Wildman–Crippen MR) is 76.0 cm³/mol. The molecule has 2 aliphatic rings. The molecule has 3 heteroatoms. The molecule has 1 N–H and O–H groups in total. The molecular formula is C16H23NO2. The minimum absolute atomic E-state index is 0.630. The van der Waals surface area contributed by atoms with Crippen molar-refractivity contribution in [1.82, 2.24) is 5.32 Å². The molecule has 1 saturated carbocycles. The molecular weight excluding hydrogens is 238 g/mol. The smallest absolute Gasteiger partial charge is 0.160 e. The van der Waals surface area contributed by atoms with Crippen LogP contribution in [0.4, 0.5) is 0 Å². The van der Waals surface area contributed by atoms with E-state index < -0.39 is 0 Å². The van der Waals surface area contributed by atoms with Gasteiger partial charge in [-0.1, -0.05) is 18.9 Å². The molecule has 1 aliphatic carbocycles. The summed E-state index contributed by atoms with van der Waals surface area (Å²) >= 11 is 0. The Morgan fingerprint density at radius 1 is 1.05 bits per heavy atom. The Morgan fingerprint density at radius 2 is 1.84 bits per heavy atom. The molecule has 0 radical (unpaired) electrons. The Balaban J connectivity index is 1.85. The van der Waals surface area contributed by atoms with Crippen molar-refractivity contribution in [3.63, 3.8) is 0 Å². The summed E-state index contributed by atoms with van der Waals surface area (Å²) in [4.78, 5) is 0. The van der Waals surface area contributed by atoms with Gasteiger partial charge in [0.1, 0.15) is 0 Å². The SMILES string of the molecule is COc1ccc([C@@H]2CN[C@H]3CCCC[C@H]32)cc1OC. The molecule has 1 heterocycles. The standard InChI is InChI=1S/C16H23NO2/c1-18-15-8-7-11(9-16(15)19-2)13-10-17-14-6-4-3-5-12(13)14/h7-9,12-14,17H,3-6,10H2,1-2H3/t12-,13-,14-/m0/s1. The van der Waals surface area contributed by atoms with Gasteiger partial charge in [0.2, 0.25) is 0 Å². The normalized spacial score (nSPS) is 29.9. The molecule has 1 saturated heterocycles.